The van der Waals surface area contributed by atoms with Gasteiger partial charge in [0, 0.05) is 17.9 Å². The van der Waals surface area contributed by atoms with Crippen molar-refractivity contribution in [2.45, 2.75) is 17.9 Å². The molecule has 23 heavy (non-hydrogen) atoms. The summed E-state index contributed by atoms with van der Waals surface area (Å²) in [5, 5.41) is 5.94. The first-order valence-corrected chi connectivity index (χ1v) is 7.79. The van der Waals surface area contributed by atoms with Gasteiger partial charge in [-0.15, -0.1) is 0 Å². The molecule has 3 amide bonds. The summed E-state index contributed by atoms with van der Waals surface area (Å²) in [5.41, 5.74) is 2.99. The summed E-state index contributed by atoms with van der Waals surface area (Å²) in [5.74, 6) is -0.00398. The molecular formula is C18H15N3O2. The van der Waals surface area contributed by atoms with Crippen LogP contribution in [-0.4, -0.2) is 23.4 Å². The van der Waals surface area contributed by atoms with E-state index in [9.17, 15) is 9.59 Å². The molecule has 0 aliphatic carbocycles. The number of carbonyl (C=O) groups is 2. The topological polar surface area (TPSA) is 61.4 Å². The molecule has 5 heteroatoms. The van der Waals surface area contributed by atoms with Crippen molar-refractivity contribution in [1.29, 1.82) is 0 Å². The van der Waals surface area contributed by atoms with Crippen LogP contribution in [0.15, 0.2) is 48.5 Å². The zero-order chi connectivity index (χ0) is 15.6. The number of hydrogen-bond donors (Lipinski definition) is 2. The number of amides is 3. The van der Waals surface area contributed by atoms with Gasteiger partial charge < -0.3 is 15.5 Å². The lowest BCUT2D eigenvalue weighted by atomic mass is 9.72. The number of anilines is 2. The van der Waals surface area contributed by atoms with Gasteiger partial charge in [-0.1, -0.05) is 36.4 Å². The van der Waals surface area contributed by atoms with E-state index in [4.69, 9.17) is 0 Å². The van der Waals surface area contributed by atoms with Crippen LogP contribution in [0.25, 0.3) is 0 Å². The Hall–Kier alpha value is -2.82. The molecule has 114 valence electrons. The lowest BCUT2D eigenvalue weighted by Gasteiger charge is -2.38. The number of fused-ring (bicyclic) bond motifs is 6. The van der Waals surface area contributed by atoms with Gasteiger partial charge in [-0.2, -0.15) is 0 Å². The van der Waals surface area contributed by atoms with Gasteiger partial charge in [0.25, 0.3) is 0 Å². The number of nitrogens with zero attached hydrogens (tertiary/aromatic N) is 1. The van der Waals surface area contributed by atoms with E-state index in [1.165, 1.54) is 0 Å². The molecular weight excluding hydrogens is 290 g/mol. The highest BCUT2D eigenvalue weighted by atomic mass is 16.2. The van der Waals surface area contributed by atoms with Crippen molar-refractivity contribution in [1.82, 2.24) is 4.90 Å². The molecule has 2 N–H and O–H groups in total. The summed E-state index contributed by atoms with van der Waals surface area (Å²) in [6.07, 6.45) is 0.641. The molecule has 0 saturated carbocycles. The van der Waals surface area contributed by atoms with Crippen LogP contribution < -0.4 is 10.6 Å². The molecule has 2 aromatic carbocycles. The fourth-order valence-electron chi connectivity index (χ4n) is 4.37. The molecule has 3 heterocycles. The molecule has 5 nitrogen and oxygen atoms in total. The van der Waals surface area contributed by atoms with Gasteiger partial charge >= 0.3 is 6.03 Å². The third kappa shape index (κ3) is 1.42. The van der Waals surface area contributed by atoms with Crippen LogP contribution in [-0.2, 0) is 10.2 Å². The van der Waals surface area contributed by atoms with Gasteiger partial charge in [0.05, 0.1) is 6.04 Å². The maximum atomic E-state index is 13.0. The van der Waals surface area contributed by atoms with Crippen LogP contribution in [0.1, 0.15) is 23.6 Å². The number of urea groups is 1. The Kier molecular flexibility index (Phi) is 2.28. The largest absolute Gasteiger partial charge is 0.325 e. The van der Waals surface area contributed by atoms with Gasteiger partial charge in [0.15, 0.2) is 0 Å². The Balaban J connectivity index is 1.78. The SMILES string of the molecule is O=C1Nc2ccccc2C2N1CCC21C(=O)Nc2ccccc21. The first-order chi connectivity index (χ1) is 11.2. The van der Waals surface area contributed by atoms with Crippen LogP contribution in [0, 0.1) is 0 Å². The lowest BCUT2D eigenvalue weighted by Crippen LogP contribution is -2.46. The van der Waals surface area contributed by atoms with Crippen LogP contribution in [0.3, 0.4) is 0 Å². The molecule has 2 aromatic rings. The van der Waals surface area contributed by atoms with Crippen molar-refractivity contribution in [2.75, 3.05) is 17.2 Å². The molecule has 3 aliphatic rings. The smallest absolute Gasteiger partial charge is 0.322 e. The van der Waals surface area contributed by atoms with Crippen molar-refractivity contribution in [3.63, 3.8) is 0 Å². The minimum atomic E-state index is -0.690. The Bertz CT molecular complexity index is 863. The molecule has 1 fully saturated rings. The Morgan fingerprint density at radius 2 is 1.70 bits per heavy atom. The number of nitrogens with one attached hydrogen (secondary N) is 2. The third-order valence-electron chi connectivity index (χ3n) is 5.34. The average Bonchev–Trinajstić information content (AvgIpc) is 3.10. The number of benzene rings is 2. The highest BCUT2D eigenvalue weighted by Gasteiger charge is 2.60. The number of carbonyl (C=O) groups excluding carboxylic acids is 2. The molecule has 0 bridgehead atoms. The zero-order valence-electron chi connectivity index (χ0n) is 12.4. The van der Waals surface area contributed by atoms with Gasteiger partial charge in [0.2, 0.25) is 5.91 Å². The predicted molar refractivity (Wildman–Crippen MR) is 86.3 cm³/mol. The molecule has 1 spiro atoms. The molecule has 5 rings (SSSR count). The fraction of sp³-hybridized carbons (Fsp3) is 0.222. The van der Waals surface area contributed by atoms with E-state index >= 15 is 0 Å². The minimum Gasteiger partial charge on any atom is -0.325 e. The normalized spacial score (nSPS) is 27.3. The molecule has 0 aromatic heterocycles. The van der Waals surface area contributed by atoms with Crippen molar-refractivity contribution in [3.05, 3.63) is 59.7 Å². The quantitative estimate of drug-likeness (QED) is 0.786. The summed E-state index contributed by atoms with van der Waals surface area (Å²) in [4.78, 5) is 27.2. The molecule has 2 unspecified atom stereocenters. The summed E-state index contributed by atoms with van der Waals surface area (Å²) in [7, 11) is 0. The average molecular weight is 305 g/mol. The van der Waals surface area contributed by atoms with Crippen molar-refractivity contribution in [2.24, 2.45) is 0 Å². The van der Waals surface area contributed by atoms with Gasteiger partial charge in [-0.05, 0) is 29.7 Å². The van der Waals surface area contributed by atoms with E-state index in [2.05, 4.69) is 10.6 Å². The molecule has 2 atom stereocenters. The minimum absolute atomic E-state index is 0.00398. The van der Waals surface area contributed by atoms with E-state index in [1.807, 2.05) is 48.5 Å². The monoisotopic (exact) mass is 305 g/mol. The van der Waals surface area contributed by atoms with E-state index in [-0.39, 0.29) is 18.0 Å². The second kappa shape index (κ2) is 4.13. The summed E-state index contributed by atoms with van der Waals surface area (Å²) in [6.45, 7) is 0.576. The maximum absolute atomic E-state index is 13.0. The fourth-order valence-corrected chi connectivity index (χ4v) is 4.37. The van der Waals surface area contributed by atoms with E-state index in [1.54, 1.807) is 4.90 Å². The number of rotatable bonds is 0. The molecule has 1 saturated heterocycles. The summed E-state index contributed by atoms with van der Waals surface area (Å²) in [6, 6.07) is 15.2. The van der Waals surface area contributed by atoms with Crippen molar-refractivity contribution in [3.8, 4) is 0 Å². The highest BCUT2D eigenvalue weighted by Crippen LogP contribution is 2.56. The van der Waals surface area contributed by atoms with Gasteiger partial charge in [-0.25, -0.2) is 4.79 Å². The first-order valence-electron chi connectivity index (χ1n) is 7.79. The maximum Gasteiger partial charge on any atom is 0.322 e. The van der Waals surface area contributed by atoms with Crippen LogP contribution >= 0.6 is 0 Å². The van der Waals surface area contributed by atoms with Crippen LogP contribution in [0.4, 0.5) is 16.2 Å². The predicted octanol–water partition coefficient (Wildman–Crippen LogP) is 2.87. The Morgan fingerprint density at radius 1 is 0.957 bits per heavy atom. The van der Waals surface area contributed by atoms with Crippen LogP contribution in [0.2, 0.25) is 0 Å². The summed E-state index contributed by atoms with van der Waals surface area (Å²) < 4.78 is 0. The van der Waals surface area contributed by atoms with Gasteiger partial charge in [0.1, 0.15) is 5.41 Å². The lowest BCUT2D eigenvalue weighted by molar-refractivity contribution is -0.121. The van der Waals surface area contributed by atoms with E-state index < -0.39 is 5.41 Å². The van der Waals surface area contributed by atoms with E-state index in [0.717, 1.165) is 22.5 Å². The highest BCUT2D eigenvalue weighted by molar-refractivity contribution is 6.08. The standard InChI is InChI=1S/C18H15N3O2/c22-16-18(12-6-2-4-8-14(12)19-16)9-10-21-15(18)11-5-1-3-7-13(11)20-17(21)23/h1-8,15H,9-10H2,(H,19,22)(H,20,23). The van der Waals surface area contributed by atoms with Crippen LogP contribution in [0.5, 0.6) is 0 Å². The Labute approximate surface area is 133 Å². The van der Waals surface area contributed by atoms with Crippen molar-refractivity contribution < 1.29 is 9.59 Å². The first kappa shape index (κ1) is 12.7. The second-order valence-corrected chi connectivity index (χ2v) is 6.33. The zero-order valence-corrected chi connectivity index (χ0v) is 12.4. The number of hydrogen-bond acceptors (Lipinski definition) is 2. The number of para-hydroxylation sites is 2. The summed E-state index contributed by atoms with van der Waals surface area (Å²) >= 11 is 0. The second-order valence-electron chi connectivity index (χ2n) is 6.33. The molecule has 3 aliphatic heterocycles. The Morgan fingerprint density at radius 3 is 2.57 bits per heavy atom. The van der Waals surface area contributed by atoms with Gasteiger partial charge in [-0.3, -0.25) is 4.79 Å². The van der Waals surface area contributed by atoms with Crippen molar-refractivity contribution >= 4 is 23.3 Å². The molecule has 0 radical (unpaired) electrons. The van der Waals surface area contributed by atoms with E-state index in [0.29, 0.717) is 13.0 Å². The third-order valence-corrected chi connectivity index (χ3v) is 5.34.